The first-order chi connectivity index (χ1) is 16.1. The van der Waals surface area contributed by atoms with E-state index in [1.54, 1.807) is 19.1 Å². The van der Waals surface area contributed by atoms with E-state index in [-0.39, 0.29) is 19.0 Å². The van der Waals surface area contributed by atoms with Gasteiger partial charge < -0.3 is 14.2 Å². The van der Waals surface area contributed by atoms with Crippen molar-refractivity contribution in [3.63, 3.8) is 0 Å². The van der Waals surface area contributed by atoms with Crippen molar-refractivity contribution in [3.8, 4) is 11.5 Å². The molecule has 178 valence electrons. The molecule has 0 bridgehead atoms. The highest BCUT2D eigenvalue weighted by Gasteiger charge is 2.24. The molecule has 7 heteroatoms. The Labute approximate surface area is 206 Å². The van der Waals surface area contributed by atoms with Gasteiger partial charge >= 0.3 is 6.09 Å². The Morgan fingerprint density at radius 2 is 1.65 bits per heavy atom. The summed E-state index contributed by atoms with van der Waals surface area (Å²) in [5, 5.41) is 0. The number of nitrogens with zero attached hydrogens (tertiary/aromatic N) is 2. The third-order valence-electron chi connectivity index (χ3n) is 5.68. The van der Waals surface area contributed by atoms with Crippen molar-refractivity contribution in [2.75, 3.05) is 32.2 Å². The van der Waals surface area contributed by atoms with Crippen LogP contribution in [0.15, 0.2) is 71.7 Å². The molecule has 0 atom stereocenters. The van der Waals surface area contributed by atoms with Gasteiger partial charge in [0.2, 0.25) is 0 Å². The lowest BCUT2D eigenvalue weighted by atomic mass is 9.96. The van der Waals surface area contributed by atoms with E-state index in [0.29, 0.717) is 24.6 Å². The number of amides is 1. The fourth-order valence-electron chi connectivity index (χ4n) is 3.86. The zero-order chi connectivity index (χ0) is 23.2. The topological polar surface area (TPSA) is 60.4 Å². The van der Waals surface area contributed by atoms with Crippen molar-refractivity contribution in [2.24, 2.45) is 4.99 Å². The lowest BCUT2D eigenvalue weighted by Crippen LogP contribution is -2.37. The Morgan fingerprint density at radius 3 is 2.32 bits per heavy atom. The minimum absolute atomic E-state index is 0. The summed E-state index contributed by atoms with van der Waals surface area (Å²) in [6.07, 6.45) is 0.389. The fraction of sp³-hybridized carbons (Fsp3) is 0.259. The number of rotatable bonds is 7. The highest BCUT2D eigenvalue weighted by atomic mass is 35.5. The predicted molar refractivity (Wildman–Crippen MR) is 137 cm³/mol. The molecule has 1 amide bonds. The van der Waals surface area contributed by atoms with Crippen LogP contribution in [0.1, 0.15) is 22.3 Å². The molecule has 0 fully saturated rings. The second-order valence-electron chi connectivity index (χ2n) is 7.90. The second-order valence-corrected chi connectivity index (χ2v) is 7.90. The number of carbonyl (C=O) groups excluding carboxylic acids is 1. The van der Waals surface area contributed by atoms with Crippen molar-refractivity contribution in [2.45, 2.75) is 20.0 Å². The number of carbonyl (C=O) groups is 1. The molecule has 1 heterocycles. The first-order valence-electron chi connectivity index (χ1n) is 10.9. The van der Waals surface area contributed by atoms with Gasteiger partial charge in [0.15, 0.2) is 11.5 Å². The minimum atomic E-state index is -0.419. The maximum atomic E-state index is 13.2. The van der Waals surface area contributed by atoms with Crippen LogP contribution in [0.2, 0.25) is 0 Å². The van der Waals surface area contributed by atoms with Crippen molar-refractivity contribution in [1.82, 2.24) is 0 Å². The zero-order valence-electron chi connectivity index (χ0n) is 19.6. The third-order valence-corrected chi connectivity index (χ3v) is 5.68. The van der Waals surface area contributed by atoms with Crippen LogP contribution in [0.5, 0.6) is 11.5 Å². The normalized spacial score (nSPS) is 12.0. The lowest BCUT2D eigenvalue weighted by molar-refractivity contribution is 0.148. The molecule has 3 aromatic rings. The number of aliphatic imine (C=N–C) groups is 1. The largest absolute Gasteiger partial charge is 0.493 e. The second kappa shape index (κ2) is 11.6. The summed E-state index contributed by atoms with van der Waals surface area (Å²) in [6.45, 7) is 3.16. The Kier molecular flexibility index (Phi) is 8.55. The molecule has 0 aliphatic carbocycles. The van der Waals surface area contributed by atoms with E-state index in [1.165, 1.54) is 0 Å². The Balaban J connectivity index is 0.00000324. The molecule has 0 spiro atoms. The van der Waals surface area contributed by atoms with Crippen LogP contribution >= 0.6 is 12.4 Å². The molecule has 6 nitrogen and oxygen atoms in total. The number of halogens is 1. The molecular weight excluding hydrogens is 452 g/mol. The molecule has 0 saturated heterocycles. The van der Waals surface area contributed by atoms with E-state index in [9.17, 15) is 4.79 Å². The highest BCUT2D eigenvalue weighted by molar-refractivity contribution is 6.09. The number of aryl methyl sites for hydroxylation is 1. The SMILES string of the molecule is COc1cc2c(cc1OC)C(CN(C(=O)OCc1ccccc1)c1ccc(C)cc1)=NCC2.Cl. The Bertz CT molecular complexity index is 1150. The third kappa shape index (κ3) is 5.69. The van der Waals surface area contributed by atoms with E-state index in [1.807, 2.05) is 73.7 Å². The monoisotopic (exact) mass is 480 g/mol. The van der Waals surface area contributed by atoms with Gasteiger partial charge in [-0.2, -0.15) is 0 Å². The van der Waals surface area contributed by atoms with E-state index in [4.69, 9.17) is 19.2 Å². The quantitative estimate of drug-likeness (QED) is 0.440. The van der Waals surface area contributed by atoms with Crippen molar-refractivity contribution < 1.29 is 19.0 Å². The number of ether oxygens (including phenoxy) is 3. The molecule has 0 aromatic heterocycles. The average molecular weight is 481 g/mol. The summed E-state index contributed by atoms with van der Waals surface area (Å²) >= 11 is 0. The molecule has 1 aliphatic heterocycles. The standard InChI is InChI=1S/C27H28N2O4.ClH/c1-19-9-11-22(12-10-19)29(27(30)33-18-20-7-5-4-6-8-20)17-24-23-16-26(32-3)25(31-2)15-21(23)13-14-28-24;/h4-12,15-16H,13-14,17-18H2,1-3H3;1H. The number of methoxy groups -OCH3 is 2. The number of anilines is 1. The first-order valence-corrected chi connectivity index (χ1v) is 10.9. The van der Waals surface area contributed by atoms with Gasteiger partial charge in [-0.05, 0) is 48.7 Å². The van der Waals surface area contributed by atoms with Crippen LogP contribution in [-0.2, 0) is 17.8 Å². The van der Waals surface area contributed by atoms with Crippen LogP contribution in [0.4, 0.5) is 10.5 Å². The summed E-state index contributed by atoms with van der Waals surface area (Å²) in [5.41, 5.74) is 5.72. The molecular formula is C27H29ClN2O4. The van der Waals surface area contributed by atoms with Gasteiger partial charge in [-0.25, -0.2) is 4.79 Å². The van der Waals surface area contributed by atoms with Crippen LogP contribution < -0.4 is 14.4 Å². The van der Waals surface area contributed by atoms with Gasteiger partial charge in [0.1, 0.15) is 6.61 Å². The van der Waals surface area contributed by atoms with E-state index in [0.717, 1.165) is 40.1 Å². The number of fused-ring (bicyclic) bond motifs is 1. The van der Waals surface area contributed by atoms with Crippen LogP contribution in [-0.4, -0.2) is 39.1 Å². The van der Waals surface area contributed by atoms with Crippen molar-refractivity contribution >= 4 is 29.9 Å². The predicted octanol–water partition coefficient (Wildman–Crippen LogP) is 5.62. The summed E-state index contributed by atoms with van der Waals surface area (Å²) in [7, 11) is 3.24. The maximum Gasteiger partial charge on any atom is 0.414 e. The van der Waals surface area contributed by atoms with Gasteiger partial charge in [-0.15, -0.1) is 12.4 Å². The first kappa shape index (κ1) is 25.1. The average Bonchev–Trinajstić information content (AvgIpc) is 2.86. The Morgan fingerprint density at radius 1 is 0.971 bits per heavy atom. The number of hydrogen-bond acceptors (Lipinski definition) is 5. The zero-order valence-corrected chi connectivity index (χ0v) is 20.4. The van der Waals surface area contributed by atoms with E-state index in [2.05, 4.69) is 0 Å². The highest BCUT2D eigenvalue weighted by Crippen LogP contribution is 2.33. The fourth-order valence-corrected chi connectivity index (χ4v) is 3.86. The van der Waals surface area contributed by atoms with Crippen LogP contribution in [0, 0.1) is 6.92 Å². The lowest BCUT2D eigenvalue weighted by Gasteiger charge is -2.26. The molecule has 0 radical (unpaired) electrons. The van der Waals surface area contributed by atoms with Gasteiger partial charge in [0.25, 0.3) is 0 Å². The molecule has 0 N–H and O–H groups in total. The smallest absolute Gasteiger partial charge is 0.414 e. The number of hydrogen-bond donors (Lipinski definition) is 0. The van der Waals surface area contributed by atoms with Gasteiger partial charge in [-0.3, -0.25) is 9.89 Å². The van der Waals surface area contributed by atoms with E-state index >= 15 is 0 Å². The van der Waals surface area contributed by atoms with E-state index < -0.39 is 6.09 Å². The summed E-state index contributed by atoms with van der Waals surface area (Å²) in [4.78, 5) is 19.6. The number of benzene rings is 3. The summed E-state index contributed by atoms with van der Waals surface area (Å²) in [6, 6.07) is 21.4. The van der Waals surface area contributed by atoms with Gasteiger partial charge in [0.05, 0.1) is 26.5 Å². The maximum absolute atomic E-state index is 13.2. The molecule has 3 aromatic carbocycles. The summed E-state index contributed by atoms with van der Waals surface area (Å²) in [5.74, 6) is 1.33. The van der Waals surface area contributed by atoms with Crippen LogP contribution in [0.3, 0.4) is 0 Å². The molecule has 4 rings (SSSR count). The Hall–Kier alpha value is -3.51. The molecule has 1 aliphatic rings. The summed E-state index contributed by atoms with van der Waals surface area (Å²) < 4.78 is 16.6. The van der Waals surface area contributed by atoms with Crippen molar-refractivity contribution in [3.05, 3.63) is 89.0 Å². The van der Waals surface area contributed by atoms with Gasteiger partial charge in [0, 0.05) is 17.8 Å². The molecule has 0 unspecified atom stereocenters. The van der Waals surface area contributed by atoms with Gasteiger partial charge in [-0.1, -0.05) is 48.0 Å². The molecule has 34 heavy (non-hydrogen) atoms. The molecule has 0 saturated carbocycles. The van der Waals surface area contributed by atoms with Crippen molar-refractivity contribution in [1.29, 1.82) is 0 Å². The minimum Gasteiger partial charge on any atom is -0.493 e. The van der Waals surface area contributed by atoms with Crippen LogP contribution in [0.25, 0.3) is 0 Å².